The summed E-state index contributed by atoms with van der Waals surface area (Å²) >= 11 is 6.22. The van der Waals surface area contributed by atoms with Crippen LogP contribution in [0.1, 0.15) is 73.5 Å². The van der Waals surface area contributed by atoms with Crippen LogP contribution in [0, 0.1) is 10.8 Å². The predicted molar refractivity (Wildman–Crippen MR) is 164 cm³/mol. The summed E-state index contributed by atoms with van der Waals surface area (Å²) in [6.45, 7) is 8.01. The summed E-state index contributed by atoms with van der Waals surface area (Å²) in [5, 5.41) is 25.0. The van der Waals surface area contributed by atoms with E-state index in [1.807, 2.05) is 0 Å². The van der Waals surface area contributed by atoms with Gasteiger partial charge in [-0.25, -0.2) is 4.98 Å². The molecule has 2 aromatic rings. The van der Waals surface area contributed by atoms with Crippen molar-refractivity contribution in [2.75, 3.05) is 31.9 Å². The molecule has 18 heteroatoms. The van der Waals surface area contributed by atoms with Crippen LogP contribution in [0.5, 0.6) is 0 Å². The number of nitrogens with zero attached hydrogens (tertiary/aromatic N) is 4. The lowest BCUT2D eigenvalue weighted by Crippen LogP contribution is -2.34. The average Bonchev–Trinajstić information content (AvgIpc) is 3.68. The lowest BCUT2D eigenvalue weighted by molar-refractivity contribution is -0.162. The summed E-state index contributed by atoms with van der Waals surface area (Å²) in [6, 6.07) is 0.232. The molecule has 2 aromatic heterocycles. The SMILES string of the molecule is CC(C)(C)C(=O)OCOP(=O)(COC[C@H]1O[C@@H](n2cnc3c(NC4CCCC4)nc(Cl)nc32)[C@H](O)[C@@H]1O)OCOC(=O)C(C)(C)C. The second kappa shape index (κ2) is 14.8. The number of imidazole rings is 1. The Labute approximate surface area is 271 Å². The quantitative estimate of drug-likeness (QED) is 0.118. The van der Waals surface area contributed by atoms with Gasteiger partial charge in [0.2, 0.25) is 18.9 Å². The van der Waals surface area contributed by atoms with Crippen LogP contribution < -0.4 is 5.32 Å². The van der Waals surface area contributed by atoms with Crippen LogP contribution >= 0.6 is 19.2 Å². The van der Waals surface area contributed by atoms with Crippen LogP contribution in [0.4, 0.5) is 5.82 Å². The summed E-state index contributed by atoms with van der Waals surface area (Å²) in [5.74, 6) is -0.756. The van der Waals surface area contributed by atoms with E-state index in [0.717, 1.165) is 25.7 Å². The van der Waals surface area contributed by atoms with Crippen molar-refractivity contribution < 1.29 is 52.4 Å². The normalized spacial score (nSPS) is 22.8. The van der Waals surface area contributed by atoms with Crippen molar-refractivity contribution in [1.29, 1.82) is 0 Å². The fourth-order valence-electron chi connectivity index (χ4n) is 4.68. The maximum absolute atomic E-state index is 13.4. The molecular formula is C28H43ClN5O11P. The molecule has 1 aliphatic carbocycles. The number of rotatable bonds is 13. The van der Waals surface area contributed by atoms with Crippen molar-refractivity contribution in [2.45, 2.75) is 97.8 Å². The summed E-state index contributed by atoms with van der Waals surface area (Å²) in [7, 11) is -4.18. The van der Waals surface area contributed by atoms with Gasteiger partial charge in [0.1, 0.15) is 24.7 Å². The van der Waals surface area contributed by atoms with Crippen molar-refractivity contribution in [1.82, 2.24) is 19.5 Å². The number of fused-ring (bicyclic) bond motifs is 1. The molecular weight excluding hydrogens is 649 g/mol. The third kappa shape index (κ3) is 9.13. The number of hydrogen-bond acceptors (Lipinski definition) is 15. The Morgan fingerprint density at radius 2 is 1.61 bits per heavy atom. The van der Waals surface area contributed by atoms with Crippen LogP contribution in [-0.2, 0) is 42.1 Å². The molecule has 0 radical (unpaired) electrons. The van der Waals surface area contributed by atoms with Gasteiger partial charge in [-0.05, 0) is 66.0 Å². The molecule has 2 fully saturated rings. The van der Waals surface area contributed by atoms with Gasteiger partial charge in [-0.2, -0.15) is 9.97 Å². The van der Waals surface area contributed by atoms with Crippen LogP contribution in [-0.4, -0.2) is 92.6 Å². The van der Waals surface area contributed by atoms with E-state index in [-0.39, 0.29) is 17.9 Å². The van der Waals surface area contributed by atoms with Gasteiger partial charge in [-0.15, -0.1) is 0 Å². The molecule has 1 saturated heterocycles. The van der Waals surface area contributed by atoms with Crippen molar-refractivity contribution in [3.63, 3.8) is 0 Å². The van der Waals surface area contributed by atoms with Crippen LogP contribution in [0.3, 0.4) is 0 Å². The number of nitrogens with one attached hydrogen (secondary N) is 1. The number of anilines is 1. The Balaban J connectivity index is 1.40. The Hall–Kier alpha value is -2.43. The zero-order valence-electron chi connectivity index (χ0n) is 26.8. The molecule has 3 N–H and O–H groups in total. The number of halogens is 1. The molecule has 2 aliphatic rings. The maximum Gasteiger partial charge on any atom is 0.361 e. The fourth-order valence-corrected chi connectivity index (χ4v) is 5.83. The highest BCUT2D eigenvalue weighted by molar-refractivity contribution is 7.53. The molecule has 0 amide bonds. The lowest BCUT2D eigenvalue weighted by atomic mass is 9.98. The van der Waals surface area contributed by atoms with Crippen molar-refractivity contribution >= 4 is 48.1 Å². The molecule has 4 rings (SSSR count). The number of hydrogen-bond donors (Lipinski definition) is 3. The molecule has 16 nitrogen and oxygen atoms in total. The van der Waals surface area contributed by atoms with Gasteiger partial charge in [-0.3, -0.25) is 27.8 Å². The van der Waals surface area contributed by atoms with Gasteiger partial charge in [0, 0.05) is 6.04 Å². The Bertz CT molecular complexity index is 1390. The molecule has 0 bridgehead atoms. The van der Waals surface area contributed by atoms with Crippen molar-refractivity contribution in [3.05, 3.63) is 11.6 Å². The molecule has 3 heterocycles. The first-order valence-corrected chi connectivity index (χ1v) is 17.1. The fraction of sp³-hybridized carbons (Fsp3) is 0.750. The van der Waals surface area contributed by atoms with E-state index in [1.165, 1.54) is 10.9 Å². The minimum atomic E-state index is -4.18. The summed E-state index contributed by atoms with van der Waals surface area (Å²) in [4.78, 5) is 37.2. The van der Waals surface area contributed by atoms with E-state index in [0.29, 0.717) is 17.0 Å². The number of aliphatic hydroxyl groups excluding tert-OH is 2. The smallest absolute Gasteiger partial charge is 0.361 e. The van der Waals surface area contributed by atoms with Crippen LogP contribution in [0.2, 0.25) is 5.28 Å². The number of carbonyl (C=O) groups is 2. The molecule has 0 spiro atoms. The summed E-state index contributed by atoms with van der Waals surface area (Å²) in [5.41, 5.74) is -0.964. The van der Waals surface area contributed by atoms with Crippen molar-refractivity contribution in [2.24, 2.45) is 10.8 Å². The number of ether oxygens (including phenoxy) is 4. The second-order valence-electron chi connectivity index (χ2n) is 13.3. The molecule has 0 unspecified atom stereocenters. The van der Waals surface area contributed by atoms with E-state index in [9.17, 15) is 24.4 Å². The average molecular weight is 692 g/mol. The number of carbonyl (C=O) groups excluding carboxylic acids is 2. The second-order valence-corrected chi connectivity index (χ2v) is 15.6. The van der Waals surface area contributed by atoms with Gasteiger partial charge >= 0.3 is 19.5 Å². The van der Waals surface area contributed by atoms with E-state index in [2.05, 4.69) is 20.3 Å². The van der Waals surface area contributed by atoms with E-state index >= 15 is 0 Å². The Kier molecular flexibility index (Phi) is 11.7. The number of aromatic nitrogens is 4. The lowest BCUT2D eigenvalue weighted by Gasteiger charge is -2.22. The first-order chi connectivity index (χ1) is 21.5. The Morgan fingerprint density at radius 3 is 2.17 bits per heavy atom. The highest BCUT2D eigenvalue weighted by Crippen LogP contribution is 2.48. The Morgan fingerprint density at radius 1 is 1.02 bits per heavy atom. The van der Waals surface area contributed by atoms with Gasteiger partial charge in [-0.1, -0.05) is 12.8 Å². The third-order valence-corrected chi connectivity index (χ3v) is 9.00. The molecule has 258 valence electrons. The third-order valence-electron chi connectivity index (χ3n) is 7.34. The minimum Gasteiger partial charge on any atom is -0.438 e. The zero-order chi connectivity index (χ0) is 33.9. The summed E-state index contributed by atoms with van der Waals surface area (Å²) in [6.07, 6.45) is -0.105. The predicted octanol–water partition coefficient (Wildman–Crippen LogP) is 3.75. The molecule has 46 heavy (non-hydrogen) atoms. The molecule has 0 aromatic carbocycles. The van der Waals surface area contributed by atoms with Gasteiger partial charge < -0.3 is 34.5 Å². The van der Waals surface area contributed by atoms with Gasteiger partial charge in [0.05, 0.1) is 23.8 Å². The minimum absolute atomic E-state index is 0.0280. The van der Waals surface area contributed by atoms with E-state index in [1.54, 1.807) is 41.5 Å². The summed E-state index contributed by atoms with van der Waals surface area (Å²) < 4.78 is 46.9. The van der Waals surface area contributed by atoms with E-state index < -0.39 is 74.8 Å². The first kappa shape index (κ1) is 36.4. The molecule has 1 saturated carbocycles. The van der Waals surface area contributed by atoms with E-state index in [4.69, 9.17) is 39.6 Å². The largest absolute Gasteiger partial charge is 0.438 e. The van der Waals surface area contributed by atoms with Gasteiger partial charge in [0.25, 0.3) is 0 Å². The number of esters is 2. The monoisotopic (exact) mass is 691 g/mol. The topological polar surface area (TPSA) is 203 Å². The van der Waals surface area contributed by atoms with Crippen molar-refractivity contribution in [3.8, 4) is 0 Å². The first-order valence-electron chi connectivity index (χ1n) is 15.0. The van der Waals surface area contributed by atoms with Gasteiger partial charge in [0.15, 0.2) is 23.2 Å². The highest BCUT2D eigenvalue weighted by Gasteiger charge is 2.45. The zero-order valence-corrected chi connectivity index (χ0v) is 28.5. The highest BCUT2D eigenvalue weighted by atomic mass is 35.5. The maximum atomic E-state index is 13.4. The molecule has 1 aliphatic heterocycles. The molecule has 4 atom stereocenters. The van der Waals surface area contributed by atoms with Crippen LogP contribution in [0.15, 0.2) is 6.33 Å². The number of aliphatic hydroxyl groups is 2. The standard InChI is InChI=1S/C28H43ClN5O11P/c1-27(2,3)24(37)41-13-43-46(39,44-14-42-25(38)28(4,5)6)15-40-11-17-19(35)20(36)23(45-17)34-12-30-18-21(31-16-9-7-8-10-16)32-26(29)33-22(18)34/h12,16-17,19-20,23,35-36H,7-11,13-15H2,1-6H3,(H,31,32,33)/t17-,19-,20-,23-/m1/s1. The van der Waals surface area contributed by atoms with Crippen LogP contribution in [0.25, 0.3) is 11.2 Å².